The molecule has 1 saturated heterocycles. The van der Waals surface area contributed by atoms with Gasteiger partial charge in [0.2, 0.25) is 6.30 Å². The summed E-state index contributed by atoms with van der Waals surface area (Å²) in [5.74, 6) is -1.24. The average molecular weight is 965 g/mol. The van der Waals surface area contributed by atoms with Gasteiger partial charge in [-0.2, -0.15) is 0 Å². The molecule has 3 unspecified atom stereocenters. The predicted molar refractivity (Wildman–Crippen MR) is 266 cm³/mol. The van der Waals surface area contributed by atoms with Gasteiger partial charge in [-0.1, -0.05) is 126 Å². The van der Waals surface area contributed by atoms with Crippen LogP contribution in [0.2, 0.25) is 5.04 Å². The van der Waals surface area contributed by atoms with E-state index in [0.717, 1.165) is 20.5 Å². The molecule has 2 aromatic heterocycles. The van der Waals surface area contributed by atoms with Gasteiger partial charge in [0, 0.05) is 56.1 Å². The molecular weight excluding hydrogens is 902 g/mol. The molecule has 366 valence electrons. The summed E-state index contributed by atoms with van der Waals surface area (Å²) in [6.07, 6.45) is -6.29. The molecule has 69 heavy (non-hydrogen) atoms. The van der Waals surface area contributed by atoms with Crippen LogP contribution in [0.25, 0.3) is 22.2 Å². The second kappa shape index (κ2) is 21.7. The molecule has 0 saturated carbocycles. The number of nitrogens with zero attached hydrogens (tertiary/aromatic N) is 3. The fraction of sp³-hybridized carbons (Fsp3) is 0.389. The smallest absolute Gasteiger partial charge is 0.408 e. The fourth-order valence-corrected chi connectivity index (χ4v) is 14.3. The molecule has 6 aromatic rings. The summed E-state index contributed by atoms with van der Waals surface area (Å²) < 4.78 is 72.1. The third-order valence-electron chi connectivity index (χ3n) is 12.9. The number of alkyl halides is 3. The van der Waals surface area contributed by atoms with Crippen LogP contribution in [-0.4, -0.2) is 87.0 Å². The number of amides is 1. The van der Waals surface area contributed by atoms with Crippen molar-refractivity contribution in [2.24, 2.45) is 5.41 Å². The molecule has 15 heteroatoms. The van der Waals surface area contributed by atoms with Crippen molar-refractivity contribution >= 4 is 47.3 Å². The SMILES string of the molecule is CO[C@@H](C)c1ncccc1-c1c(CC(C)(C)CO[Si](c2ccccc2)(c2ccccc2)C(C)(C)C)c2cc(N3CCOC(CC(NC(=O)OCc4ccccc4)C(=O)O)C3)ccc2n1C(F)C(F)F. The maximum Gasteiger partial charge on any atom is 0.408 e. The standard InChI is InChI=1S/C54H63F3N4O7Si/c1-36(65-7)47-42(24-17-27-58-47)48-44(32-54(5,6)35-68-69(53(2,3)4,40-20-13-9-14-21-40)41-22-15-10-16-23-41)43-30-38(25-26-46(43)61(48)50(57)49(55)56)60-28-29-66-39(33-60)31-45(51(62)63)59-52(64)67-34-37-18-11-8-12-19-37/h8-27,30,36,39,45,49-50H,28-29,31-35H2,1-7H3,(H,59,64)(H,62,63)/t36-,39?,45?,50?/m0/s1. The topological polar surface area (TPSA) is 124 Å². The molecule has 4 aromatic carbocycles. The minimum Gasteiger partial charge on any atom is -0.480 e. The summed E-state index contributed by atoms with van der Waals surface area (Å²) >= 11 is 0. The first kappa shape index (κ1) is 50.9. The van der Waals surface area contributed by atoms with Crippen LogP contribution < -0.4 is 20.6 Å². The molecule has 1 aliphatic rings. The highest BCUT2D eigenvalue weighted by molar-refractivity contribution is 6.99. The van der Waals surface area contributed by atoms with E-state index < -0.39 is 56.8 Å². The van der Waals surface area contributed by atoms with Crippen LogP contribution in [-0.2, 0) is 36.5 Å². The highest BCUT2D eigenvalue weighted by atomic mass is 28.4. The van der Waals surface area contributed by atoms with Crippen molar-refractivity contribution < 1.29 is 46.5 Å². The number of fused-ring (bicyclic) bond motifs is 1. The number of halogens is 3. The van der Waals surface area contributed by atoms with Crippen LogP contribution in [0, 0.1) is 5.41 Å². The number of aliphatic carboxylic acids is 1. The molecule has 0 radical (unpaired) electrons. The zero-order chi connectivity index (χ0) is 49.5. The number of carboxylic acid groups (broad SMARTS) is 1. The van der Waals surface area contributed by atoms with E-state index >= 15 is 4.39 Å². The Balaban J connectivity index is 1.28. The Labute approximate surface area is 403 Å². The maximum absolute atomic E-state index is 16.6. The Morgan fingerprint density at radius 1 is 0.899 bits per heavy atom. The van der Waals surface area contributed by atoms with Gasteiger partial charge in [-0.25, -0.2) is 22.8 Å². The molecule has 0 bridgehead atoms. The lowest BCUT2D eigenvalue weighted by Gasteiger charge is -2.44. The number of aromatic nitrogens is 2. The Morgan fingerprint density at radius 3 is 2.13 bits per heavy atom. The van der Waals surface area contributed by atoms with Crippen molar-refractivity contribution in [2.75, 3.05) is 38.3 Å². The third-order valence-corrected chi connectivity index (χ3v) is 17.9. The predicted octanol–water partition coefficient (Wildman–Crippen LogP) is 10.3. The normalized spacial score (nSPS) is 16.0. The molecule has 2 N–H and O–H groups in total. The first-order chi connectivity index (χ1) is 32.9. The van der Waals surface area contributed by atoms with Crippen molar-refractivity contribution in [3.8, 4) is 11.3 Å². The number of nitrogens with one attached hydrogen (secondary N) is 1. The summed E-state index contributed by atoms with van der Waals surface area (Å²) in [7, 11) is -1.49. The zero-order valence-corrected chi connectivity index (χ0v) is 41.3. The van der Waals surface area contributed by atoms with Crippen molar-refractivity contribution in [1.29, 1.82) is 0 Å². The van der Waals surface area contributed by atoms with E-state index in [1.807, 2.05) is 72.5 Å². The van der Waals surface area contributed by atoms with Crippen LogP contribution in [0.3, 0.4) is 0 Å². The Bertz CT molecular complexity index is 2630. The van der Waals surface area contributed by atoms with E-state index in [-0.39, 0.29) is 55.5 Å². The third kappa shape index (κ3) is 11.4. The van der Waals surface area contributed by atoms with Gasteiger partial charge in [0.1, 0.15) is 12.6 Å². The maximum atomic E-state index is 16.6. The Morgan fingerprint density at radius 2 is 1.54 bits per heavy atom. The number of carbonyl (C=O) groups excluding carboxylic acids is 1. The largest absolute Gasteiger partial charge is 0.480 e. The van der Waals surface area contributed by atoms with Crippen LogP contribution in [0.1, 0.15) is 77.2 Å². The zero-order valence-electron chi connectivity index (χ0n) is 40.3. The number of alkyl carbamates (subject to hydrolysis) is 1. The highest BCUT2D eigenvalue weighted by Gasteiger charge is 2.51. The van der Waals surface area contributed by atoms with Gasteiger partial charge in [0.25, 0.3) is 14.7 Å². The molecule has 11 nitrogen and oxygen atoms in total. The number of pyridine rings is 1. The van der Waals surface area contributed by atoms with Gasteiger partial charge in [-0.3, -0.25) is 4.98 Å². The van der Waals surface area contributed by atoms with Crippen LogP contribution >= 0.6 is 0 Å². The number of hydrogen-bond donors (Lipinski definition) is 2. The average Bonchev–Trinajstić information content (AvgIpc) is 3.65. The number of morpholine rings is 1. The number of hydrogen-bond acceptors (Lipinski definition) is 8. The first-order valence-corrected chi connectivity index (χ1v) is 25.2. The highest BCUT2D eigenvalue weighted by Crippen LogP contribution is 2.45. The van der Waals surface area contributed by atoms with Gasteiger partial charge in [0.15, 0.2) is 0 Å². The van der Waals surface area contributed by atoms with E-state index in [9.17, 15) is 23.5 Å². The number of anilines is 1. The molecule has 1 fully saturated rings. The second-order valence-corrected chi connectivity index (χ2v) is 23.8. The molecule has 7 rings (SSSR count). The minimum absolute atomic E-state index is 0.0282. The molecule has 0 spiro atoms. The monoisotopic (exact) mass is 964 g/mol. The molecule has 1 aliphatic heterocycles. The van der Waals surface area contributed by atoms with E-state index in [0.29, 0.717) is 34.4 Å². The van der Waals surface area contributed by atoms with Gasteiger partial charge in [0.05, 0.1) is 35.7 Å². The van der Waals surface area contributed by atoms with Crippen LogP contribution in [0.5, 0.6) is 0 Å². The number of ether oxygens (including phenoxy) is 3. The minimum atomic E-state index is -3.36. The lowest BCUT2D eigenvalue weighted by molar-refractivity contribution is -0.140. The number of benzene rings is 4. The van der Waals surface area contributed by atoms with Crippen molar-refractivity contribution in [3.05, 3.63) is 144 Å². The molecule has 4 atom stereocenters. The Hall–Kier alpha value is -6.00. The van der Waals surface area contributed by atoms with Gasteiger partial charge in [-0.15, -0.1) is 0 Å². The molecule has 1 amide bonds. The van der Waals surface area contributed by atoms with Crippen molar-refractivity contribution in [2.45, 2.75) is 97.0 Å². The molecular formula is C54H63F3N4O7Si. The van der Waals surface area contributed by atoms with Gasteiger partial charge in [-0.05, 0) is 75.6 Å². The number of methoxy groups -OCH3 is 1. The number of carboxylic acids is 1. The summed E-state index contributed by atoms with van der Waals surface area (Å²) in [5, 5.41) is 15.1. The second-order valence-electron chi connectivity index (χ2n) is 19.5. The van der Waals surface area contributed by atoms with Crippen LogP contribution in [0.15, 0.2) is 128 Å². The summed E-state index contributed by atoms with van der Waals surface area (Å²) in [6, 6.07) is 37.2. The fourth-order valence-electron chi connectivity index (χ4n) is 9.54. The quantitative estimate of drug-likeness (QED) is 0.0764. The van der Waals surface area contributed by atoms with E-state index in [4.69, 9.17) is 18.6 Å². The number of rotatable bonds is 19. The van der Waals surface area contributed by atoms with Crippen molar-refractivity contribution in [1.82, 2.24) is 14.9 Å². The number of carbonyl (C=O) groups is 2. The summed E-state index contributed by atoms with van der Waals surface area (Å²) in [6.45, 7) is 13.8. The Kier molecular flexibility index (Phi) is 16.0. The van der Waals surface area contributed by atoms with E-state index in [1.54, 1.807) is 42.6 Å². The van der Waals surface area contributed by atoms with Gasteiger partial charge < -0.3 is 38.5 Å². The lowest BCUT2D eigenvalue weighted by atomic mass is 9.84. The lowest BCUT2D eigenvalue weighted by Crippen LogP contribution is -2.67. The molecule has 0 aliphatic carbocycles. The first-order valence-electron chi connectivity index (χ1n) is 23.3. The summed E-state index contributed by atoms with van der Waals surface area (Å²) in [5.41, 5.74) is 2.91. The van der Waals surface area contributed by atoms with E-state index in [2.05, 4.69) is 69.2 Å². The van der Waals surface area contributed by atoms with Gasteiger partial charge >= 0.3 is 12.1 Å². The summed E-state index contributed by atoms with van der Waals surface area (Å²) in [4.78, 5) is 31.8. The van der Waals surface area contributed by atoms with Crippen molar-refractivity contribution in [3.63, 3.8) is 0 Å². The molecule has 3 heterocycles. The van der Waals surface area contributed by atoms with Crippen LogP contribution in [0.4, 0.5) is 23.7 Å². The van der Waals surface area contributed by atoms with E-state index in [1.165, 1.54) is 7.11 Å².